The second kappa shape index (κ2) is 9.03. The van der Waals surface area contributed by atoms with Gasteiger partial charge >= 0.3 is 6.03 Å². The van der Waals surface area contributed by atoms with Gasteiger partial charge < -0.3 is 15.5 Å². The van der Waals surface area contributed by atoms with Gasteiger partial charge in [-0.3, -0.25) is 14.5 Å². The number of nitrogens with one attached hydrogen (secondary N) is 2. The largest absolute Gasteiger partial charge is 0.327 e. The summed E-state index contributed by atoms with van der Waals surface area (Å²) >= 11 is 5.93. The molecule has 2 fully saturated rings. The number of hydrogen-bond acceptors (Lipinski definition) is 4. The van der Waals surface area contributed by atoms with Crippen molar-refractivity contribution in [1.29, 1.82) is 0 Å². The van der Waals surface area contributed by atoms with E-state index < -0.39 is 29.8 Å². The third-order valence-electron chi connectivity index (χ3n) is 5.51. The molecule has 162 valence electrons. The molecule has 2 aliphatic rings. The van der Waals surface area contributed by atoms with Crippen LogP contribution < -0.4 is 10.6 Å². The number of rotatable bonds is 5. The molecule has 2 unspecified atom stereocenters. The van der Waals surface area contributed by atoms with E-state index in [0.29, 0.717) is 23.7 Å². The lowest BCUT2D eigenvalue weighted by molar-refractivity contribution is -0.138. The highest BCUT2D eigenvalue weighted by atomic mass is 35.5. The number of hydrogen-bond donors (Lipinski definition) is 2. The highest BCUT2D eigenvalue weighted by Gasteiger charge is 2.47. The van der Waals surface area contributed by atoms with Crippen molar-refractivity contribution in [3.05, 3.63) is 64.9 Å². The predicted molar refractivity (Wildman–Crippen MR) is 114 cm³/mol. The second-order valence-electron chi connectivity index (χ2n) is 7.66. The fourth-order valence-corrected chi connectivity index (χ4v) is 4.17. The first-order chi connectivity index (χ1) is 14.9. The van der Waals surface area contributed by atoms with E-state index in [-0.39, 0.29) is 19.0 Å². The minimum Gasteiger partial charge on any atom is -0.324 e. The van der Waals surface area contributed by atoms with E-state index in [1.54, 1.807) is 30.3 Å². The van der Waals surface area contributed by atoms with Gasteiger partial charge in [-0.2, -0.15) is 0 Å². The Kier molecular flexibility index (Phi) is 6.20. The number of carbonyl (C=O) groups excluding carboxylic acids is 3. The van der Waals surface area contributed by atoms with Crippen molar-refractivity contribution in [1.82, 2.24) is 15.1 Å². The van der Waals surface area contributed by atoms with Gasteiger partial charge in [0.15, 0.2) is 0 Å². The molecule has 0 saturated carbocycles. The number of anilines is 1. The Morgan fingerprint density at radius 2 is 1.97 bits per heavy atom. The third-order valence-corrected chi connectivity index (χ3v) is 5.76. The van der Waals surface area contributed by atoms with Crippen molar-refractivity contribution in [2.45, 2.75) is 31.5 Å². The van der Waals surface area contributed by atoms with Crippen molar-refractivity contribution in [3.8, 4) is 0 Å². The summed E-state index contributed by atoms with van der Waals surface area (Å²) in [4.78, 5) is 41.5. The average Bonchev–Trinajstić information content (AvgIpc) is 2.75. The number of imide groups is 1. The molecule has 2 atom stereocenters. The number of piperidine rings is 1. The Morgan fingerprint density at radius 3 is 2.71 bits per heavy atom. The molecule has 9 heteroatoms. The van der Waals surface area contributed by atoms with Crippen molar-refractivity contribution in [3.63, 3.8) is 0 Å². The fourth-order valence-electron chi connectivity index (χ4n) is 4.04. The van der Waals surface area contributed by atoms with E-state index in [4.69, 9.17) is 11.6 Å². The van der Waals surface area contributed by atoms with Crippen LogP contribution in [0.3, 0.4) is 0 Å². The summed E-state index contributed by atoms with van der Waals surface area (Å²) in [6, 6.07) is 11.0. The number of fused-ring (bicyclic) bond motifs is 1. The summed E-state index contributed by atoms with van der Waals surface area (Å²) in [7, 11) is 0. The lowest BCUT2D eigenvalue weighted by Gasteiger charge is -2.46. The Morgan fingerprint density at radius 1 is 1.19 bits per heavy atom. The monoisotopic (exact) mass is 444 g/mol. The van der Waals surface area contributed by atoms with E-state index in [9.17, 15) is 18.8 Å². The van der Waals surface area contributed by atoms with Crippen LogP contribution in [0.2, 0.25) is 5.02 Å². The molecule has 31 heavy (non-hydrogen) atoms. The maximum absolute atomic E-state index is 13.4. The smallest absolute Gasteiger partial charge is 0.324 e. The van der Waals surface area contributed by atoms with Crippen LogP contribution in [0.4, 0.5) is 14.9 Å². The Balaban J connectivity index is 1.54. The molecule has 2 aliphatic heterocycles. The molecule has 2 aromatic rings. The van der Waals surface area contributed by atoms with Crippen LogP contribution in [0.1, 0.15) is 18.4 Å². The first-order valence-corrected chi connectivity index (χ1v) is 10.5. The molecular weight excluding hydrogens is 423 g/mol. The van der Waals surface area contributed by atoms with Gasteiger partial charge in [0.2, 0.25) is 11.8 Å². The molecule has 0 radical (unpaired) electrons. The zero-order valence-electron chi connectivity index (χ0n) is 16.7. The summed E-state index contributed by atoms with van der Waals surface area (Å²) in [6.07, 6.45) is 1.41. The fraction of sp³-hybridized carbons (Fsp3) is 0.318. The number of halogens is 2. The minimum absolute atomic E-state index is 0.0851. The van der Waals surface area contributed by atoms with Gasteiger partial charge in [-0.1, -0.05) is 29.8 Å². The van der Waals surface area contributed by atoms with Gasteiger partial charge in [0, 0.05) is 10.7 Å². The van der Waals surface area contributed by atoms with Gasteiger partial charge in [-0.25, -0.2) is 9.18 Å². The molecule has 2 aromatic carbocycles. The number of urea groups is 1. The zero-order chi connectivity index (χ0) is 22.0. The van der Waals surface area contributed by atoms with Gasteiger partial charge in [0.1, 0.15) is 18.4 Å². The lowest BCUT2D eigenvalue weighted by Crippen LogP contribution is -2.70. The van der Waals surface area contributed by atoms with E-state index in [0.717, 1.165) is 16.9 Å². The molecular formula is C22H22ClFN4O3. The van der Waals surface area contributed by atoms with Gasteiger partial charge in [0.25, 0.3) is 0 Å². The van der Waals surface area contributed by atoms with Crippen LogP contribution in [0.5, 0.6) is 0 Å². The zero-order valence-corrected chi connectivity index (χ0v) is 17.4. The number of carbonyl (C=O) groups is 3. The summed E-state index contributed by atoms with van der Waals surface area (Å²) < 4.78 is 13.4. The molecule has 2 N–H and O–H groups in total. The van der Waals surface area contributed by atoms with Crippen LogP contribution in [-0.4, -0.2) is 52.8 Å². The third kappa shape index (κ3) is 4.70. The molecule has 2 heterocycles. The summed E-state index contributed by atoms with van der Waals surface area (Å²) in [5.41, 5.74) is 1.06. The van der Waals surface area contributed by atoms with Gasteiger partial charge in [-0.05, 0) is 55.3 Å². The van der Waals surface area contributed by atoms with Crippen LogP contribution >= 0.6 is 11.6 Å². The summed E-state index contributed by atoms with van der Waals surface area (Å²) in [6.45, 7) is 0.517. The summed E-state index contributed by atoms with van der Waals surface area (Å²) in [5, 5.41) is 6.37. The molecule has 2 saturated heterocycles. The molecule has 0 aromatic heterocycles. The molecule has 7 nitrogen and oxygen atoms in total. The van der Waals surface area contributed by atoms with Crippen molar-refractivity contribution < 1.29 is 18.8 Å². The van der Waals surface area contributed by atoms with Crippen LogP contribution in [0, 0.1) is 5.82 Å². The van der Waals surface area contributed by atoms with Crippen LogP contribution in [0.25, 0.3) is 0 Å². The van der Waals surface area contributed by atoms with Crippen molar-refractivity contribution in [2.24, 2.45) is 0 Å². The second-order valence-corrected chi connectivity index (χ2v) is 8.10. The van der Waals surface area contributed by atoms with E-state index in [1.165, 1.54) is 23.1 Å². The molecule has 0 bridgehead atoms. The molecule has 4 amide bonds. The predicted octanol–water partition coefficient (Wildman–Crippen LogP) is 3.00. The summed E-state index contributed by atoms with van der Waals surface area (Å²) in [5.74, 6) is -1.22. The number of benzene rings is 2. The SMILES string of the molecule is O=C(CN1C(=O)N(Cc2ccc(Cl)cc2)C(=O)C2NCCCC21)Nc1cccc(F)c1. The van der Waals surface area contributed by atoms with E-state index in [1.807, 2.05) is 0 Å². The van der Waals surface area contributed by atoms with E-state index in [2.05, 4.69) is 10.6 Å². The number of amides is 4. The van der Waals surface area contributed by atoms with Crippen LogP contribution in [0.15, 0.2) is 48.5 Å². The lowest BCUT2D eigenvalue weighted by atomic mass is 9.93. The first kappa shape index (κ1) is 21.3. The van der Waals surface area contributed by atoms with Gasteiger partial charge in [0.05, 0.1) is 12.6 Å². The first-order valence-electron chi connectivity index (χ1n) is 10.1. The standard InChI is InChI=1S/C22H22ClFN4O3/c23-15-8-6-14(7-9-15)12-28-21(30)20-18(5-2-10-25-20)27(22(28)31)13-19(29)26-17-4-1-3-16(24)11-17/h1,3-4,6-9,11,18,20,25H,2,5,10,12-13H2,(H,26,29). The highest BCUT2D eigenvalue weighted by molar-refractivity contribution is 6.30. The molecule has 0 aliphatic carbocycles. The molecule has 4 rings (SSSR count). The Labute approximate surface area is 184 Å². The topological polar surface area (TPSA) is 81.8 Å². The maximum Gasteiger partial charge on any atom is 0.327 e. The Bertz CT molecular complexity index is 1000. The Hall–Kier alpha value is -2.97. The maximum atomic E-state index is 13.4. The van der Waals surface area contributed by atoms with Crippen LogP contribution in [-0.2, 0) is 16.1 Å². The normalized spacial score (nSPS) is 21.1. The quantitative estimate of drug-likeness (QED) is 0.742. The molecule has 0 spiro atoms. The highest BCUT2D eigenvalue weighted by Crippen LogP contribution is 2.26. The van der Waals surface area contributed by atoms with Gasteiger partial charge in [-0.15, -0.1) is 0 Å². The van der Waals surface area contributed by atoms with Crippen molar-refractivity contribution in [2.75, 3.05) is 18.4 Å². The number of nitrogens with zero attached hydrogens (tertiary/aromatic N) is 2. The van der Waals surface area contributed by atoms with Crippen molar-refractivity contribution >= 4 is 35.1 Å². The average molecular weight is 445 g/mol. The van der Waals surface area contributed by atoms with E-state index >= 15 is 0 Å². The minimum atomic E-state index is -0.569.